The first-order valence-corrected chi connectivity index (χ1v) is 19.5. The van der Waals surface area contributed by atoms with Crippen LogP contribution >= 0.6 is 0 Å². The zero-order chi connectivity index (χ0) is 44.4. The van der Waals surface area contributed by atoms with Crippen LogP contribution in [0.1, 0.15) is 0 Å². The monoisotopic (exact) mass is 866 g/mol. The number of benzene rings is 12. The van der Waals surface area contributed by atoms with Gasteiger partial charge in [0.15, 0.2) is 46.5 Å². The van der Waals surface area contributed by atoms with Gasteiger partial charge in [-0.25, -0.2) is 43.9 Å². The Balaban J connectivity index is 1.31. The van der Waals surface area contributed by atoms with Gasteiger partial charge in [-0.1, -0.05) is 109 Å². The highest BCUT2D eigenvalue weighted by Crippen LogP contribution is 2.57. The molecule has 64 heavy (non-hydrogen) atoms. The van der Waals surface area contributed by atoms with Crippen molar-refractivity contribution in [1.82, 2.24) is 0 Å². The van der Waals surface area contributed by atoms with E-state index < -0.39 is 113 Å². The first kappa shape index (κ1) is 37.9. The van der Waals surface area contributed by atoms with Crippen molar-refractivity contribution in [2.24, 2.45) is 0 Å². The molecule has 0 bridgehead atoms. The molecular formula is C52H20F10O2. The highest BCUT2D eigenvalue weighted by atomic mass is 19.2. The minimum atomic E-state index is -2.55. The lowest BCUT2D eigenvalue weighted by atomic mass is 9.82. The predicted octanol–water partition coefficient (Wildman–Crippen LogP) is 15.6. The summed E-state index contributed by atoms with van der Waals surface area (Å²) in [7, 11) is 0. The second kappa shape index (κ2) is 12.9. The van der Waals surface area contributed by atoms with E-state index in [2.05, 4.69) is 0 Å². The Morgan fingerprint density at radius 3 is 0.859 bits per heavy atom. The molecule has 12 aromatic rings. The molecule has 0 unspecified atom stereocenters. The first-order chi connectivity index (χ1) is 30.8. The highest BCUT2D eigenvalue weighted by molar-refractivity contribution is 6.28. The molecule has 0 aromatic heterocycles. The molecule has 0 aliphatic rings. The van der Waals surface area contributed by atoms with E-state index in [1.165, 1.54) is 36.4 Å². The fourth-order valence-electron chi connectivity index (χ4n) is 9.97. The Labute approximate surface area is 351 Å². The number of fused-ring (bicyclic) bond motifs is 2. The number of halogens is 10. The van der Waals surface area contributed by atoms with Gasteiger partial charge in [0.1, 0.15) is 23.1 Å². The van der Waals surface area contributed by atoms with E-state index in [1.807, 2.05) is 12.1 Å². The molecular weight excluding hydrogens is 847 g/mol. The van der Waals surface area contributed by atoms with Crippen LogP contribution in [0.3, 0.4) is 0 Å². The van der Waals surface area contributed by atoms with E-state index >= 15 is 43.9 Å². The maximum absolute atomic E-state index is 17.3. The van der Waals surface area contributed by atoms with Crippen LogP contribution in [-0.4, -0.2) is 10.2 Å². The van der Waals surface area contributed by atoms with Crippen LogP contribution in [0.2, 0.25) is 0 Å². The summed E-state index contributed by atoms with van der Waals surface area (Å²) in [6.07, 6.45) is 0. The first-order valence-electron chi connectivity index (χ1n) is 19.5. The minimum Gasteiger partial charge on any atom is -0.507 e. The van der Waals surface area contributed by atoms with Crippen molar-refractivity contribution in [2.45, 2.75) is 0 Å². The van der Waals surface area contributed by atoms with E-state index in [0.29, 0.717) is 32.3 Å². The second-order valence-corrected chi connectivity index (χ2v) is 15.8. The molecule has 0 heterocycles. The topological polar surface area (TPSA) is 40.5 Å². The van der Waals surface area contributed by atoms with Crippen LogP contribution in [0.4, 0.5) is 43.9 Å². The number of rotatable bonds is 3. The predicted molar refractivity (Wildman–Crippen MR) is 228 cm³/mol. The minimum absolute atomic E-state index is 0.178. The number of phenols is 2. The molecule has 12 aromatic carbocycles. The van der Waals surface area contributed by atoms with Gasteiger partial charge in [-0.3, -0.25) is 0 Å². The van der Waals surface area contributed by atoms with Crippen LogP contribution in [0.15, 0.2) is 109 Å². The number of phenolic OH excluding ortho intramolecular Hbond substituents is 2. The smallest absolute Gasteiger partial charge is 0.198 e. The fourth-order valence-corrected chi connectivity index (χ4v) is 9.97. The Morgan fingerprint density at radius 2 is 0.516 bits per heavy atom. The van der Waals surface area contributed by atoms with Gasteiger partial charge in [-0.15, -0.1) is 0 Å². The molecule has 0 fully saturated rings. The zero-order valence-corrected chi connectivity index (χ0v) is 32.1. The molecule has 0 spiro atoms. The van der Waals surface area contributed by atoms with Gasteiger partial charge in [-0.2, -0.15) is 0 Å². The van der Waals surface area contributed by atoms with Crippen molar-refractivity contribution < 1.29 is 54.1 Å². The highest BCUT2D eigenvalue weighted by Gasteiger charge is 2.38. The summed E-state index contributed by atoms with van der Waals surface area (Å²) in [5.74, 6) is -26.3. The molecule has 2 nitrogen and oxygen atoms in total. The van der Waals surface area contributed by atoms with Crippen LogP contribution in [0.5, 0.6) is 11.5 Å². The van der Waals surface area contributed by atoms with Gasteiger partial charge in [0.2, 0.25) is 0 Å². The summed E-state index contributed by atoms with van der Waals surface area (Å²) >= 11 is 0. The molecule has 2 N–H and O–H groups in total. The van der Waals surface area contributed by atoms with Crippen LogP contribution in [-0.2, 0) is 0 Å². The van der Waals surface area contributed by atoms with Gasteiger partial charge < -0.3 is 10.2 Å². The lowest BCUT2D eigenvalue weighted by molar-refractivity contribution is 0.414. The van der Waals surface area contributed by atoms with E-state index in [9.17, 15) is 10.2 Å². The second-order valence-electron chi connectivity index (χ2n) is 15.8. The summed E-state index contributed by atoms with van der Waals surface area (Å²) in [5, 5.41) is 25.1. The van der Waals surface area contributed by atoms with Crippen LogP contribution in [0.25, 0.3) is 120 Å². The summed E-state index contributed by atoms with van der Waals surface area (Å²) < 4.78 is 162. The van der Waals surface area contributed by atoms with Gasteiger partial charge in [0.05, 0.1) is 21.9 Å². The van der Waals surface area contributed by atoms with E-state index in [-0.39, 0.29) is 21.9 Å². The maximum atomic E-state index is 17.3. The Bertz CT molecular complexity index is 3810. The molecule has 310 valence electrons. The maximum Gasteiger partial charge on any atom is 0.198 e. The summed E-state index contributed by atoms with van der Waals surface area (Å²) in [6.45, 7) is 0. The number of hydrogen-bond donors (Lipinski definition) is 2. The molecule has 0 radical (unpaired) electrons. The van der Waals surface area contributed by atoms with Crippen molar-refractivity contribution in [1.29, 1.82) is 0 Å². The average molecular weight is 867 g/mol. The summed E-state index contributed by atoms with van der Waals surface area (Å²) in [4.78, 5) is 0. The van der Waals surface area contributed by atoms with Gasteiger partial charge >= 0.3 is 0 Å². The number of hydrogen-bond acceptors (Lipinski definition) is 2. The van der Waals surface area contributed by atoms with Crippen molar-refractivity contribution in [3.8, 4) is 44.9 Å². The van der Waals surface area contributed by atoms with Crippen molar-refractivity contribution in [3.63, 3.8) is 0 Å². The third-order valence-electron chi connectivity index (χ3n) is 12.7. The molecule has 0 amide bonds. The largest absolute Gasteiger partial charge is 0.507 e. The van der Waals surface area contributed by atoms with E-state index in [0.717, 1.165) is 21.5 Å². The molecule has 0 atom stereocenters. The lowest BCUT2D eigenvalue weighted by Gasteiger charge is -2.23. The fraction of sp³-hybridized carbons (Fsp3) is 0. The van der Waals surface area contributed by atoms with Crippen molar-refractivity contribution in [3.05, 3.63) is 167 Å². The Hall–Kier alpha value is -7.86. The SMILES string of the molecule is Oc1c(-c2ccc3ccc4cccc5ccc2c3c45)c(F)c2c(F)c(F)c(F)c(F)c2c1-c1c(O)c(-c2ccc3ccc4cccc5ccc2c3c45)c(F)c2c(F)c(F)c(F)c(F)c12. The van der Waals surface area contributed by atoms with Gasteiger partial charge in [0.25, 0.3) is 0 Å². The quantitative estimate of drug-likeness (QED) is 0.0804. The standard InChI is InChI=1S/C52H20F10O2/c53-41-33(27-17-13-23-9-7-19-3-1-5-21-11-15-25(27)31(23)29(19)21)51(63)37(35-39(41)45(57)49(61)47(59)43(35)55)38-36-40(46(58)50(62)48(60)44(36)56)42(54)34(52(38)64)28-18-14-24-10-8-20-4-2-6-22-12-16-26(28)32(24)30(20)22/h1-18,63-64H. The van der Waals surface area contributed by atoms with Crippen molar-refractivity contribution in [2.75, 3.05) is 0 Å². The molecule has 0 aliphatic carbocycles. The van der Waals surface area contributed by atoms with E-state index in [4.69, 9.17) is 0 Å². The normalized spacial score (nSPS) is 12.3. The number of aromatic hydroxyl groups is 2. The summed E-state index contributed by atoms with van der Waals surface area (Å²) in [6, 6.07) is 29.8. The molecule has 0 saturated heterocycles. The van der Waals surface area contributed by atoms with Crippen LogP contribution in [0, 0.1) is 58.2 Å². The molecule has 0 saturated carbocycles. The molecule has 12 rings (SSSR count). The van der Waals surface area contributed by atoms with Gasteiger partial charge in [-0.05, 0) is 75.8 Å². The Morgan fingerprint density at radius 1 is 0.234 bits per heavy atom. The van der Waals surface area contributed by atoms with Crippen LogP contribution < -0.4 is 0 Å². The Kier molecular flexibility index (Phi) is 7.60. The summed E-state index contributed by atoms with van der Waals surface area (Å²) in [5.41, 5.74) is -5.47. The average Bonchev–Trinajstić information content (AvgIpc) is 3.30. The third kappa shape index (κ3) is 4.61. The lowest BCUT2D eigenvalue weighted by Crippen LogP contribution is -2.07. The molecule has 12 heteroatoms. The van der Waals surface area contributed by atoms with Crippen molar-refractivity contribution >= 4 is 86.2 Å². The van der Waals surface area contributed by atoms with Gasteiger partial charge in [0, 0.05) is 21.9 Å². The third-order valence-corrected chi connectivity index (χ3v) is 12.7. The molecule has 0 aliphatic heterocycles. The zero-order valence-electron chi connectivity index (χ0n) is 32.1. The van der Waals surface area contributed by atoms with E-state index in [1.54, 1.807) is 60.7 Å².